The minimum atomic E-state index is -1.31. The second-order valence-electron chi connectivity index (χ2n) is 7.74. The van der Waals surface area contributed by atoms with E-state index in [1.54, 1.807) is 6.26 Å². The van der Waals surface area contributed by atoms with Gasteiger partial charge in [-0.2, -0.15) is 11.8 Å². The van der Waals surface area contributed by atoms with E-state index in [-0.39, 0.29) is 37.1 Å². The molecule has 2 rings (SSSR count). The van der Waals surface area contributed by atoms with E-state index in [0.717, 1.165) is 0 Å². The molecule has 176 valence electrons. The first-order valence-corrected chi connectivity index (χ1v) is 11.6. The van der Waals surface area contributed by atoms with Gasteiger partial charge in [-0.3, -0.25) is 19.2 Å². The van der Waals surface area contributed by atoms with Crippen molar-refractivity contribution in [1.82, 2.24) is 15.5 Å². The van der Waals surface area contributed by atoms with Crippen LogP contribution in [0.25, 0.3) is 0 Å². The maximum absolute atomic E-state index is 13.1. The number of carbonyl (C=O) groups is 4. The van der Waals surface area contributed by atoms with E-state index >= 15 is 0 Å². The molecule has 4 unspecified atom stereocenters. The molecule has 9 nitrogen and oxygen atoms in total. The standard InChI is InChI=1S/C21H29FN4O5S/c1-12(27)21(31)26-8-7-15(24-18(28)11-32-2)10-17(26)20(30)25-16(19(23)29)9-13-3-5-14(22)6-4-13/h3-6,12,15-17,27H,7-11H2,1-2H3,(H2,23,29)(H,24,28)(H,25,30). The molecule has 0 bridgehead atoms. The summed E-state index contributed by atoms with van der Waals surface area (Å²) in [6, 6.07) is 3.02. The number of rotatable bonds is 9. The second-order valence-corrected chi connectivity index (χ2v) is 8.61. The van der Waals surface area contributed by atoms with Crippen LogP contribution in [0.2, 0.25) is 0 Å². The number of thioether (sulfide) groups is 1. The molecule has 1 aromatic rings. The van der Waals surface area contributed by atoms with Crippen molar-refractivity contribution in [3.63, 3.8) is 0 Å². The van der Waals surface area contributed by atoms with Crippen LogP contribution in [0.1, 0.15) is 25.3 Å². The highest BCUT2D eigenvalue weighted by atomic mass is 32.2. The lowest BCUT2D eigenvalue weighted by molar-refractivity contribution is -0.149. The summed E-state index contributed by atoms with van der Waals surface area (Å²) in [5.74, 6) is -2.36. The SMILES string of the molecule is CSCC(=O)NC1CCN(C(=O)C(C)O)C(C(=O)NC(Cc2ccc(F)cc2)C(N)=O)C1. The Hall–Kier alpha value is -2.66. The zero-order valence-electron chi connectivity index (χ0n) is 18.0. The molecular formula is C21H29FN4O5S. The first-order valence-electron chi connectivity index (χ1n) is 10.2. The molecule has 1 aromatic carbocycles. The number of likely N-dealkylation sites (tertiary alicyclic amines) is 1. The number of nitrogens with one attached hydrogen (secondary N) is 2. The summed E-state index contributed by atoms with van der Waals surface area (Å²) in [5.41, 5.74) is 6.05. The molecule has 1 heterocycles. The number of carbonyl (C=O) groups excluding carboxylic acids is 4. The molecule has 1 aliphatic rings. The fraction of sp³-hybridized carbons (Fsp3) is 0.524. The number of hydrogen-bond donors (Lipinski definition) is 4. The Balaban J connectivity index is 2.16. The zero-order chi connectivity index (χ0) is 23.8. The highest BCUT2D eigenvalue weighted by Gasteiger charge is 2.38. The molecule has 5 N–H and O–H groups in total. The van der Waals surface area contributed by atoms with Crippen LogP contribution in [0.3, 0.4) is 0 Å². The second kappa shape index (κ2) is 11.8. The highest BCUT2D eigenvalue weighted by molar-refractivity contribution is 7.99. The number of nitrogens with two attached hydrogens (primary N) is 1. The van der Waals surface area contributed by atoms with Crippen LogP contribution >= 0.6 is 11.8 Å². The Kier molecular flexibility index (Phi) is 9.45. The van der Waals surface area contributed by atoms with Crippen molar-refractivity contribution in [3.05, 3.63) is 35.6 Å². The van der Waals surface area contributed by atoms with Gasteiger partial charge < -0.3 is 26.4 Å². The van der Waals surface area contributed by atoms with E-state index in [1.807, 2.05) is 0 Å². The van der Waals surface area contributed by atoms with Crippen molar-refractivity contribution >= 4 is 35.4 Å². The van der Waals surface area contributed by atoms with Gasteiger partial charge in [0.05, 0.1) is 5.75 Å². The number of benzene rings is 1. The van der Waals surface area contributed by atoms with E-state index < -0.39 is 41.7 Å². The van der Waals surface area contributed by atoms with Gasteiger partial charge in [0.25, 0.3) is 5.91 Å². The van der Waals surface area contributed by atoms with Gasteiger partial charge in [-0.1, -0.05) is 12.1 Å². The molecule has 4 amide bonds. The zero-order valence-corrected chi connectivity index (χ0v) is 18.9. The number of hydrogen-bond acceptors (Lipinski definition) is 6. The molecule has 0 saturated carbocycles. The molecule has 1 fully saturated rings. The number of nitrogens with zero attached hydrogens (tertiary/aromatic N) is 1. The van der Waals surface area contributed by atoms with Crippen LogP contribution < -0.4 is 16.4 Å². The molecule has 0 aliphatic carbocycles. The lowest BCUT2D eigenvalue weighted by Crippen LogP contribution is -2.61. The molecule has 0 aromatic heterocycles. The molecule has 11 heteroatoms. The van der Waals surface area contributed by atoms with Crippen LogP contribution in [0.5, 0.6) is 0 Å². The summed E-state index contributed by atoms with van der Waals surface area (Å²) in [6.07, 6.45) is 1.10. The average molecular weight is 469 g/mol. The molecule has 4 atom stereocenters. The Labute approximate surface area is 190 Å². The van der Waals surface area contributed by atoms with E-state index in [0.29, 0.717) is 12.0 Å². The summed E-state index contributed by atoms with van der Waals surface area (Å²) in [7, 11) is 0. The fourth-order valence-corrected chi connectivity index (χ4v) is 3.94. The monoisotopic (exact) mass is 468 g/mol. The van der Waals surface area contributed by atoms with Crippen molar-refractivity contribution in [2.75, 3.05) is 18.6 Å². The van der Waals surface area contributed by atoms with Crippen molar-refractivity contribution in [3.8, 4) is 0 Å². The van der Waals surface area contributed by atoms with Gasteiger partial charge in [0.1, 0.15) is 24.0 Å². The normalized spacial score (nSPS) is 20.2. The maximum atomic E-state index is 13.1. The van der Waals surface area contributed by atoms with Gasteiger partial charge in [0, 0.05) is 19.0 Å². The number of piperidine rings is 1. The Morgan fingerprint density at radius 2 is 1.94 bits per heavy atom. The van der Waals surface area contributed by atoms with Gasteiger partial charge in [-0.15, -0.1) is 0 Å². The lowest BCUT2D eigenvalue weighted by Gasteiger charge is -2.39. The highest BCUT2D eigenvalue weighted by Crippen LogP contribution is 2.20. The average Bonchev–Trinajstić information content (AvgIpc) is 2.74. The third-order valence-electron chi connectivity index (χ3n) is 5.20. The van der Waals surface area contributed by atoms with Gasteiger partial charge in [0.2, 0.25) is 17.7 Å². The molecule has 32 heavy (non-hydrogen) atoms. The number of primary amides is 1. The Bertz CT molecular complexity index is 836. The van der Waals surface area contributed by atoms with E-state index in [9.17, 15) is 28.7 Å². The van der Waals surface area contributed by atoms with Crippen molar-refractivity contribution in [2.24, 2.45) is 5.73 Å². The third-order valence-corrected chi connectivity index (χ3v) is 5.75. The maximum Gasteiger partial charge on any atom is 0.251 e. The summed E-state index contributed by atoms with van der Waals surface area (Å²) < 4.78 is 13.1. The van der Waals surface area contributed by atoms with Crippen molar-refractivity contribution in [2.45, 2.75) is 50.4 Å². The number of amides is 4. The summed E-state index contributed by atoms with van der Waals surface area (Å²) in [5, 5.41) is 15.2. The van der Waals surface area contributed by atoms with Crippen LogP contribution in [-0.4, -0.2) is 76.4 Å². The molecule has 1 aliphatic heterocycles. The van der Waals surface area contributed by atoms with Gasteiger partial charge in [-0.25, -0.2) is 4.39 Å². The summed E-state index contributed by atoms with van der Waals surface area (Å²) in [6.45, 7) is 1.47. The van der Waals surface area contributed by atoms with Gasteiger partial charge >= 0.3 is 0 Å². The molecule has 0 radical (unpaired) electrons. The van der Waals surface area contributed by atoms with Crippen LogP contribution in [-0.2, 0) is 25.6 Å². The lowest BCUT2D eigenvalue weighted by atomic mass is 9.95. The minimum absolute atomic E-state index is 0.0479. The molecule has 1 saturated heterocycles. The van der Waals surface area contributed by atoms with E-state index in [4.69, 9.17) is 5.73 Å². The van der Waals surface area contributed by atoms with Crippen molar-refractivity contribution in [1.29, 1.82) is 0 Å². The Morgan fingerprint density at radius 3 is 2.50 bits per heavy atom. The topological polar surface area (TPSA) is 142 Å². The first kappa shape index (κ1) is 25.6. The number of aliphatic hydroxyl groups excluding tert-OH is 1. The van der Waals surface area contributed by atoms with Gasteiger partial charge in [0.15, 0.2) is 0 Å². The minimum Gasteiger partial charge on any atom is -0.384 e. The number of halogens is 1. The quantitative estimate of drug-likeness (QED) is 0.387. The van der Waals surface area contributed by atoms with Crippen LogP contribution in [0, 0.1) is 5.82 Å². The summed E-state index contributed by atoms with van der Waals surface area (Å²) in [4.78, 5) is 50.7. The molecule has 0 spiro atoms. The van der Waals surface area contributed by atoms with E-state index in [1.165, 1.54) is 47.9 Å². The fourth-order valence-electron chi connectivity index (χ4n) is 3.60. The largest absolute Gasteiger partial charge is 0.384 e. The summed E-state index contributed by atoms with van der Waals surface area (Å²) >= 11 is 1.36. The van der Waals surface area contributed by atoms with E-state index in [2.05, 4.69) is 10.6 Å². The first-order chi connectivity index (χ1) is 15.1. The number of aliphatic hydroxyl groups is 1. The van der Waals surface area contributed by atoms with Crippen LogP contribution in [0.15, 0.2) is 24.3 Å². The van der Waals surface area contributed by atoms with Crippen molar-refractivity contribution < 1.29 is 28.7 Å². The smallest absolute Gasteiger partial charge is 0.251 e. The van der Waals surface area contributed by atoms with Gasteiger partial charge in [-0.05, 0) is 43.7 Å². The Morgan fingerprint density at radius 1 is 1.28 bits per heavy atom. The van der Waals surface area contributed by atoms with Crippen LogP contribution in [0.4, 0.5) is 4.39 Å². The predicted octanol–water partition coefficient (Wildman–Crippen LogP) is -0.442. The molecular weight excluding hydrogens is 439 g/mol. The predicted molar refractivity (Wildman–Crippen MR) is 118 cm³/mol. The third kappa shape index (κ3) is 7.20.